The van der Waals surface area contributed by atoms with E-state index in [4.69, 9.17) is 0 Å². The molecule has 2 aromatic rings. The number of thiophene rings is 1. The van der Waals surface area contributed by atoms with Crippen molar-refractivity contribution in [3.8, 4) is 0 Å². The number of aromatic nitrogens is 2. The Labute approximate surface area is 125 Å². The summed E-state index contributed by atoms with van der Waals surface area (Å²) in [6.07, 6.45) is 0. The van der Waals surface area contributed by atoms with Crippen LogP contribution in [0.4, 0.5) is 11.8 Å². The molecule has 4 nitrogen and oxygen atoms in total. The average Bonchev–Trinajstić information content (AvgIpc) is 2.84. The molecule has 0 saturated carbocycles. The topological polar surface area (TPSA) is 49.8 Å². The van der Waals surface area contributed by atoms with Crippen LogP contribution < -0.4 is 10.6 Å². The molecular weight excluding hydrogens is 268 g/mol. The van der Waals surface area contributed by atoms with Gasteiger partial charge in [0.15, 0.2) is 0 Å². The van der Waals surface area contributed by atoms with Crippen molar-refractivity contribution in [1.29, 1.82) is 0 Å². The fourth-order valence-electron chi connectivity index (χ4n) is 1.74. The second-order valence-electron chi connectivity index (χ2n) is 6.06. The summed E-state index contributed by atoms with van der Waals surface area (Å²) in [5, 5.41) is 9.87. The van der Waals surface area contributed by atoms with Gasteiger partial charge >= 0.3 is 0 Å². The van der Waals surface area contributed by atoms with Gasteiger partial charge in [-0.1, -0.05) is 27.7 Å². The molecule has 0 aliphatic carbocycles. The molecule has 0 atom stereocenters. The van der Waals surface area contributed by atoms with Crippen molar-refractivity contribution < 1.29 is 0 Å². The van der Waals surface area contributed by atoms with Gasteiger partial charge in [0.2, 0.25) is 5.95 Å². The first-order valence-corrected chi connectivity index (χ1v) is 8.05. The molecule has 0 radical (unpaired) electrons. The molecule has 0 unspecified atom stereocenters. The van der Waals surface area contributed by atoms with Gasteiger partial charge in [0, 0.05) is 13.1 Å². The predicted octanol–water partition coefficient (Wildman–Crippen LogP) is 4.22. The minimum atomic E-state index is 0.228. The Morgan fingerprint density at radius 1 is 1.25 bits per heavy atom. The van der Waals surface area contributed by atoms with Gasteiger partial charge in [-0.15, -0.1) is 11.3 Å². The fourth-order valence-corrected chi connectivity index (χ4v) is 2.51. The summed E-state index contributed by atoms with van der Waals surface area (Å²) in [7, 11) is 0. The summed E-state index contributed by atoms with van der Waals surface area (Å²) in [5.41, 5.74) is 0.228. The van der Waals surface area contributed by atoms with Crippen LogP contribution in [0.5, 0.6) is 0 Å². The van der Waals surface area contributed by atoms with Crippen LogP contribution in [0.3, 0.4) is 0 Å². The van der Waals surface area contributed by atoms with E-state index in [0.29, 0.717) is 11.9 Å². The van der Waals surface area contributed by atoms with Crippen LogP contribution in [0.25, 0.3) is 10.2 Å². The maximum Gasteiger partial charge on any atom is 0.226 e. The molecule has 5 heteroatoms. The Kier molecular flexibility index (Phi) is 4.48. The molecule has 0 fully saturated rings. The van der Waals surface area contributed by atoms with Crippen LogP contribution in [0.15, 0.2) is 11.4 Å². The first-order valence-electron chi connectivity index (χ1n) is 7.17. The van der Waals surface area contributed by atoms with E-state index < -0.39 is 0 Å². The largest absolute Gasteiger partial charge is 0.369 e. The molecule has 2 heterocycles. The van der Waals surface area contributed by atoms with E-state index >= 15 is 0 Å². The van der Waals surface area contributed by atoms with Crippen molar-refractivity contribution in [3.63, 3.8) is 0 Å². The third-order valence-electron chi connectivity index (χ3n) is 3.93. The molecule has 2 aromatic heterocycles. The summed E-state index contributed by atoms with van der Waals surface area (Å²) >= 11 is 1.65. The quantitative estimate of drug-likeness (QED) is 0.837. The zero-order valence-corrected chi connectivity index (χ0v) is 13.8. The molecule has 0 aromatic carbocycles. The smallest absolute Gasteiger partial charge is 0.226 e. The van der Waals surface area contributed by atoms with Gasteiger partial charge in [-0.3, -0.25) is 0 Å². The van der Waals surface area contributed by atoms with E-state index in [0.717, 1.165) is 29.1 Å². The number of rotatable bonds is 6. The zero-order chi connectivity index (χ0) is 14.8. The first kappa shape index (κ1) is 15.0. The number of anilines is 2. The summed E-state index contributed by atoms with van der Waals surface area (Å²) in [6, 6.07) is 2.08. The highest BCUT2D eigenvalue weighted by Gasteiger charge is 2.22. The van der Waals surface area contributed by atoms with Gasteiger partial charge in [-0.25, -0.2) is 4.98 Å². The highest BCUT2D eigenvalue weighted by atomic mass is 32.1. The average molecular weight is 292 g/mol. The number of hydrogen-bond donors (Lipinski definition) is 2. The van der Waals surface area contributed by atoms with Crippen LogP contribution in [0, 0.1) is 11.3 Å². The standard InChI is InChI=1S/C15H24N4S/c1-6-16-14-18-12(11-7-8-20-13(11)19-14)17-9-15(4,5)10(2)3/h7-8,10H,6,9H2,1-5H3,(H2,16,17,18,19). The van der Waals surface area contributed by atoms with E-state index in [1.807, 2.05) is 0 Å². The van der Waals surface area contributed by atoms with Crippen LogP contribution in [0.2, 0.25) is 0 Å². The normalized spacial score (nSPS) is 12.1. The van der Waals surface area contributed by atoms with E-state index in [1.54, 1.807) is 11.3 Å². The molecule has 0 bridgehead atoms. The second-order valence-corrected chi connectivity index (χ2v) is 6.96. The van der Waals surface area contributed by atoms with Crippen LogP contribution in [-0.4, -0.2) is 23.1 Å². The summed E-state index contributed by atoms with van der Waals surface area (Å²) in [6.45, 7) is 12.9. The molecule has 2 N–H and O–H groups in total. The van der Waals surface area contributed by atoms with Crippen molar-refractivity contribution in [2.45, 2.75) is 34.6 Å². The highest BCUT2D eigenvalue weighted by Crippen LogP contribution is 2.30. The molecule has 2 rings (SSSR count). The predicted molar refractivity (Wildman–Crippen MR) is 88.7 cm³/mol. The number of nitrogens with one attached hydrogen (secondary N) is 2. The highest BCUT2D eigenvalue weighted by molar-refractivity contribution is 7.16. The maximum atomic E-state index is 4.60. The molecule has 20 heavy (non-hydrogen) atoms. The third-order valence-corrected chi connectivity index (χ3v) is 4.74. The minimum Gasteiger partial charge on any atom is -0.369 e. The fraction of sp³-hybridized carbons (Fsp3) is 0.600. The van der Waals surface area contributed by atoms with Gasteiger partial charge in [0.25, 0.3) is 0 Å². The maximum absolute atomic E-state index is 4.60. The van der Waals surface area contributed by atoms with E-state index in [2.05, 4.69) is 66.7 Å². The van der Waals surface area contributed by atoms with Gasteiger partial charge in [-0.2, -0.15) is 4.98 Å². The van der Waals surface area contributed by atoms with E-state index in [1.165, 1.54) is 0 Å². The molecule has 0 spiro atoms. The van der Waals surface area contributed by atoms with Gasteiger partial charge in [0.05, 0.1) is 5.39 Å². The Balaban J connectivity index is 2.26. The van der Waals surface area contributed by atoms with Gasteiger partial charge in [0.1, 0.15) is 10.6 Å². The Morgan fingerprint density at radius 2 is 2.00 bits per heavy atom. The van der Waals surface area contributed by atoms with Crippen molar-refractivity contribution in [3.05, 3.63) is 11.4 Å². The third kappa shape index (κ3) is 3.20. The molecule has 0 aliphatic heterocycles. The van der Waals surface area contributed by atoms with Crippen LogP contribution in [-0.2, 0) is 0 Å². The van der Waals surface area contributed by atoms with E-state index in [9.17, 15) is 0 Å². The van der Waals surface area contributed by atoms with E-state index in [-0.39, 0.29) is 5.41 Å². The lowest BCUT2D eigenvalue weighted by molar-refractivity contribution is 0.269. The van der Waals surface area contributed by atoms with Crippen molar-refractivity contribution in [2.24, 2.45) is 11.3 Å². The first-order chi connectivity index (χ1) is 9.44. The summed E-state index contributed by atoms with van der Waals surface area (Å²) in [4.78, 5) is 10.1. The van der Waals surface area contributed by atoms with Gasteiger partial charge < -0.3 is 10.6 Å². The lowest BCUT2D eigenvalue weighted by Crippen LogP contribution is -2.28. The van der Waals surface area contributed by atoms with Crippen molar-refractivity contribution in [1.82, 2.24) is 9.97 Å². The number of hydrogen-bond acceptors (Lipinski definition) is 5. The molecule has 0 aliphatic rings. The van der Waals surface area contributed by atoms with Crippen LogP contribution >= 0.6 is 11.3 Å². The number of fused-ring (bicyclic) bond motifs is 1. The minimum absolute atomic E-state index is 0.228. The molecule has 110 valence electrons. The summed E-state index contributed by atoms with van der Waals surface area (Å²) < 4.78 is 0. The monoisotopic (exact) mass is 292 g/mol. The Hall–Kier alpha value is -1.36. The molecule has 0 amide bonds. The lowest BCUT2D eigenvalue weighted by atomic mass is 9.81. The summed E-state index contributed by atoms with van der Waals surface area (Å²) in [5.74, 6) is 2.25. The Morgan fingerprint density at radius 3 is 2.65 bits per heavy atom. The van der Waals surface area contributed by atoms with Crippen LogP contribution in [0.1, 0.15) is 34.6 Å². The lowest BCUT2D eigenvalue weighted by Gasteiger charge is -2.29. The zero-order valence-electron chi connectivity index (χ0n) is 12.9. The molecular formula is C15H24N4S. The SMILES string of the molecule is CCNc1nc(NCC(C)(C)C(C)C)c2ccsc2n1. The second kappa shape index (κ2) is 5.95. The molecule has 0 saturated heterocycles. The number of nitrogens with zero attached hydrogens (tertiary/aromatic N) is 2. The van der Waals surface area contributed by atoms with Gasteiger partial charge in [-0.05, 0) is 29.7 Å². The van der Waals surface area contributed by atoms with Crippen molar-refractivity contribution >= 4 is 33.3 Å². The Bertz CT molecular complexity index is 574. The van der Waals surface area contributed by atoms with Crippen molar-refractivity contribution in [2.75, 3.05) is 23.7 Å².